The molecule has 4 rings (SSSR count). The second kappa shape index (κ2) is 14.5. The molecule has 1 unspecified atom stereocenters. The minimum Gasteiger partial charge on any atom is -0.395 e. The second-order valence-electron chi connectivity index (χ2n) is 11.7. The number of amides is 2. The van der Waals surface area contributed by atoms with Crippen LogP contribution in [-0.4, -0.2) is 77.6 Å². The van der Waals surface area contributed by atoms with Crippen molar-refractivity contribution in [1.29, 1.82) is 0 Å². The van der Waals surface area contributed by atoms with Crippen molar-refractivity contribution < 1.29 is 14.7 Å². The van der Waals surface area contributed by atoms with Gasteiger partial charge in [0.1, 0.15) is 0 Å². The molecule has 3 aromatic rings. The second-order valence-corrected chi connectivity index (χ2v) is 11.7. The highest BCUT2D eigenvalue weighted by Gasteiger charge is 2.31. The molecule has 9 nitrogen and oxygen atoms in total. The van der Waals surface area contributed by atoms with E-state index in [1.54, 1.807) is 0 Å². The molecule has 1 aromatic heterocycles. The molecule has 1 aliphatic heterocycles. The fourth-order valence-electron chi connectivity index (χ4n) is 6.08. The lowest BCUT2D eigenvalue weighted by atomic mass is 9.95. The fourth-order valence-corrected chi connectivity index (χ4v) is 6.08. The van der Waals surface area contributed by atoms with Crippen LogP contribution in [0.15, 0.2) is 59.9 Å². The molecular weight excluding hydrogens is 554 g/mol. The summed E-state index contributed by atoms with van der Waals surface area (Å²) in [6, 6.07) is 14.3. The maximum atomic E-state index is 13.8. The van der Waals surface area contributed by atoms with E-state index in [-0.39, 0.29) is 36.6 Å². The number of aromatic amines is 1. The number of anilines is 1. The van der Waals surface area contributed by atoms with Gasteiger partial charge in [-0.15, -0.1) is 0 Å². The first kappa shape index (κ1) is 32.7. The summed E-state index contributed by atoms with van der Waals surface area (Å²) in [6.07, 6.45) is 2.18. The molecule has 234 valence electrons. The molecule has 0 spiro atoms. The minimum atomic E-state index is -0.252. The molecule has 9 heteroatoms. The van der Waals surface area contributed by atoms with Gasteiger partial charge in [0.05, 0.1) is 6.61 Å². The average Bonchev–Trinajstić information content (AvgIpc) is 3.48. The number of aliphatic hydroxyl groups is 1. The van der Waals surface area contributed by atoms with Crippen LogP contribution in [0.5, 0.6) is 0 Å². The molecule has 0 saturated carbocycles. The highest BCUT2D eigenvalue weighted by Crippen LogP contribution is 2.34. The third-order valence-corrected chi connectivity index (χ3v) is 8.51. The average molecular weight is 600 g/mol. The van der Waals surface area contributed by atoms with E-state index < -0.39 is 0 Å². The summed E-state index contributed by atoms with van der Waals surface area (Å²) in [5, 5.41) is 12.2. The maximum Gasteiger partial charge on any atom is 0.253 e. The number of aliphatic hydroxyl groups excluding tert-OH is 1. The number of likely N-dealkylation sites (N-methyl/N-ethyl adjacent to an activating group) is 2. The Morgan fingerprint density at radius 3 is 2.50 bits per heavy atom. The Morgan fingerprint density at radius 1 is 1.14 bits per heavy atom. The van der Waals surface area contributed by atoms with Crippen LogP contribution in [0.3, 0.4) is 0 Å². The van der Waals surface area contributed by atoms with Gasteiger partial charge in [-0.1, -0.05) is 30.8 Å². The van der Waals surface area contributed by atoms with E-state index in [0.29, 0.717) is 37.3 Å². The van der Waals surface area contributed by atoms with Crippen molar-refractivity contribution in [2.75, 3.05) is 44.7 Å². The lowest BCUT2D eigenvalue weighted by Crippen LogP contribution is -2.39. The highest BCUT2D eigenvalue weighted by molar-refractivity contribution is 5.99. The predicted molar refractivity (Wildman–Crippen MR) is 176 cm³/mol. The third kappa shape index (κ3) is 7.46. The maximum absolute atomic E-state index is 13.8. The number of carbonyl (C=O) groups is 2. The van der Waals surface area contributed by atoms with Crippen LogP contribution in [0.4, 0.5) is 5.69 Å². The van der Waals surface area contributed by atoms with Gasteiger partial charge in [-0.05, 0) is 93.3 Å². The number of carbonyl (C=O) groups excluding carboxylic acids is 2. The van der Waals surface area contributed by atoms with Crippen molar-refractivity contribution in [2.24, 2.45) is 0 Å². The third-order valence-electron chi connectivity index (χ3n) is 8.51. The van der Waals surface area contributed by atoms with Crippen molar-refractivity contribution in [3.63, 3.8) is 0 Å². The van der Waals surface area contributed by atoms with Gasteiger partial charge in [0.15, 0.2) is 0 Å². The van der Waals surface area contributed by atoms with E-state index in [4.69, 9.17) is 0 Å². The van der Waals surface area contributed by atoms with Crippen molar-refractivity contribution in [1.82, 2.24) is 20.1 Å². The number of H-pyrrole nitrogens is 1. The van der Waals surface area contributed by atoms with Gasteiger partial charge in [0.25, 0.3) is 11.5 Å². The van der Waals surface area contributed by atoms with E-state index in [1.165, 1.54) is 6.08 Å². The fraction of sp³-hybridized carbons (Fsp3) is 0.400. The summed E-state index contributed by atoms with van der Waals surface area (Å²) in [4.78, 5) is 47.7. The number of aryl methyl sites for hydroxylation is 2. The van der Waals surface area contributed by atoms with Gasteiger partial charge in [0, 0.05) is 67.8 Å². The topological polar surface area (TPSA) is 109 Å². The normalized spacial score (nSPS) is 14.6. The van der Waals surface area contributed by atoms with Crippen LogP contribution in [0.25, 0.3) is 11.1 Å². The van der Waals surface area contributed by atoms with Crippen molar-refractivity contribution in [2.45, 2.75) is 53.2 Å². The lowest BCUT2D eigenvalue weighted by Gasteiger charge is -2.32. The number of benzene rings is 2. The van der Waals surface area contributed by atoms with E-state index in [1.807, 2.05) is 44.9 Å². The van der Waals surface area contributed by atoms with Gasteiger partial charge in [-0.3, -0.25) is 19.3 Å². The van der Waals surface area contributed by atoms with Crippen LogP contribution in [0.1, 0.15) is 51.7 Å². The summed E-state index contributed by atoms with van der Waals surface area (Å²) in [5.74, 6) is -0.321. The Hall–Kier alpha value is -4.21. The van der Waals surface area contributed by atoms with Crippen LogP contribution in [0.2, 0.25) is 0 Å². The summed E-state index contributed by atoms with van der Waals surface area (Å²) in [6.45, 7) is 14.9. The first-order valence-corrected chi connectivity index (χ1v) is 15.2. The van der Waals surface area contributed by atoms with Gasteiger partial charge in [-0.25, -0.2) is 0 Å². The summed E-state index contributed by atoms with van der Waals surface area (Å²) < 4.78 is 0. The molecule has 2 aromatic carbocycles. The standard InChI is InChI=1S/C35H45N5O4/c1-7-33(42)39-14-13-29(22-39)40(8-2)32-19-28(27-11-9-26(10-12-27)21-38(6)15-16-41)18-30(25(32)5)34(43)36-20-31-23(3)17-24(4)37-35(31)44/h7,9-12,17-19,29,41H,1,8,13-16,20-22H2,2-6H3,(H,36,43)(H,37,44). The molecule has 44 heavy (non-hydrogen) atoms. The molecule has 3 N–H and O–H groups in total. The highest BCUT2D eigenvalue weighted by atomic mass is 16.3. The zero-order chi connectivity index (χ0) is 32.0. The predicted octanol–water partition coefficient (Wildman–Crippen LogP) is 3.93. The van der Waals surface area contributed by atoms with E-state index in [2.05, 4.69) is 63.9 Å². The van der Waals surface area contributed by atoms with Crippen LogP contribution < -0.4 is 15.8 Å². The number of likely N-dealkylation sites (tertiary alicyclic amines) is 1. The Labute approximate surface area is 260 Å². The molecule has 1 fully saturated rings. The van der Waals surface area contributed by atoms with E-state index in [0.717, 1.165) is 52.2 Å². The van der Waals surface area contributed by atoms with Crippen LogP contribution >= 0.6 is 0 Å². The number of rotatable bonds is 12. The molecule has 1 aliphatic rings. The molecular formula is C35H45N5O4. The molecule has 0 aliphatic carbocycles. The quantitative estimate of drug-likeness (QED) is 0.272. The monoisotopic (exact) mass is 599 g/mol. The van der Waals surface area contributed by atoms with Gasteiger partial charge in [0.2, 0.25) is 5.91 Å². The Bertz CT molecular complexity index is 1560. The molecule has 0 radical (unpaired) electrons. The van der Waals surface area contributed by atoms with Gasteiger partial charge in [-0.2, -0.15) is 0 Å². The molecule has 0 bridgehead atoms. The summed E-state index contributed by atoms with van der Waals surface area (Å²) >= 11 is 0. The first-order valence-electron chi connectivity index (χ1n) is 15.2. The SMILES string of the molecule is C=CC(=O)N1CCC(N(CC)c2cc(-c3ccc(CN(C)CCO)cc3)cc(C(=O)NCc3c(C)cc(C)[nH]c3=O)c2C)C1. The zero-order valence-electron chi connectivity index (χ0n) is 26.6. The molecule has 1 saturated heterocycles. The van der Waals surface area contributed by atoms with Gasteiger partial charge < -0.3 is 25.2 Å². The Morgan fingerprint density at radius 2 is 1.86 bits per heavy atom. The number of hydrogen-bond acceptors (Lipinski definition) is 6. The van der Waals surface area contributed by atoms with Crippen molar-refractivity contribution in [3.8, 4) is 11.1 Å². The zero-order valence-corrected chi connectivity index (χ0v) is 26.6. The van der Waals surface area contributed by atoms with Crippen LogP contribution in [-0.2, 0) is 17.9 Å². The number of hydrogen-bond donors (Lipinski definition) is 3. The summed E-state index contributed by atoms with van der Waals surface area (Å²) in [5.41, 5.74) is 7.30. The smallest absolute Gasteiger partial charge is 0.253 e. The molecule has 2 amide bonds. The summed E-state index contributed by atoms with van der Waals surface area (Å²) in [7, 11) is 1.97. The van der Waals surface area contributed by atoms with Crippen molar-refractivity contribution in [3.05, 3.63) is 99.0 Å². The molecule has 2 heterocycles. The minimum absolute atomic E-state index is 0.0693. The Balaban J connectivity index is 1.71. The number of nitrogens with one attached hydrogen (secondary N) is 2. The lowest BCUT2D eigenvalue weighted by molar-refractivity contribution is -0.125. The van der Waals surface area contributed by atoms with E-state index >= 15 is 0 Å². The number of pyridine rings is 1. The largest absolute Gasteiger partial charge is 0.395 e. The number of aromatic nitrogens is 1. The number of nitrogens with zero attached hydrogens (tertiary/aromatic N) is 3. The van der Waals surface area contributed by atoms with Crippen molar-refractivity contribution >= 4 is 17.5 Å². The molecule has 1 atom stereocenters. The van der Waals surface area contributed by atoms with E-state index in [9.17, 15) is 19.5 Å². The van der Waals surface area contributed by atoms with Crippen LogP contribution in [0, 0.1) is 20.8 Å². The first-order chi connectivity index (χ1) is 21.1. The Kier molecular flexibility index (Phi) is 10.8. The van der Waals surface area contributed by atoms with Gasteiger partial charge >= 0.3 is 0 Å².